The molecule has 7 N–H and O–H groups in total. The van der Waals surface area contributed by atoms with Gasteiger partial charge in [-0.1, -0.05) is 6.07 Å². The molecule has 89 heavy (non-hydrogen) atoms. The number of fused-ring (bicyclic) bond motifs is 5. The maximum absolute atomic E-state index is 14.0. The van der Waals surface area contributed by atoms with E-state index in [-0.39, 0.29) is 35.3 Å². The Morgan fingerprint density at radius 2 is 1.58 bits per heavy atom. The second-order valence-electron chi connectivity index (χ2n) is 22.7. The van der Waals surface area contributed by atoms with Crippen molar-refractivity contribution in [2.24, 2.45) is 0 Å². The third kappa shape index (κ3) is 12.2. The lowest BCUT2D eigenvalue weighted by molar-refractivity contribution is -0.142. The molecule has 4 aromatic carbocycles. The number of anilines is 2. The number of nitrogens with zero attached hydrogens (tertiary/aromatic N) is 6. The lowest BCUT2D eigenvalue weighted by atomic mass is 9.82. The number of hydrogen-bond donors (Lipinski definition) is 7. The first-order valence-corrected chi connectivity index (χ1v) is 33.1. The van der Waals surface area contributed by atoms with Gasteiger partial charge in [0.2, 0.25) is 33.1 Å². The van der Waals surface area contributed by atoms with Crippen LogP contribution in [0.2, 0.25) is 0 Å². The number of carbonyl (C=O) groups is 6. The first-order chi connectivity index (χ1) is 42.6. The smallest absolute Gasteiger partial charge is 0.327 e. The number of carboxylic acid groups (broad SMARTS) is 2. The molecular formula is C60H61N11O15S3. The fourth-order valence-corrected chi connectivity index (χ4v) is 15.8. The minimum absolute atomic E-state index is 0.0291. The van der Waals surface area contributed by atoms with Crippen molar-refractivity contribution in [3.05, 3.63) is 132 Å². The van der Waals surface area contributed by atoms with E-state index in [2.05, 4.69) is 50.1 Å². The molecule has 0 saturated carbocycles. The minimum atomic E-state index is -5.37. The van der Waals surface area contributed by atoms with E-state index in [1.54, 1.807) is 19.1 Å². The number of likely N-dealkylation sites (tertiary alicyclic amines) is 1. The molecule has 6 aliphatic heterocycles. The summed E-state index contributed by atoms with van der Waals surface area (Å²) in [5, 5.41) is 28.3. The second-order valence-corrected chi connectivity index (χ2v) is 27.1. The number of imide groups is 1. The first-order valence-electron chi connectivity index (χ1n) is 29.2. The zero-order chi connectivity index (χ0) is 62.6. The molecule has 3 atom stereocenters. The Kier molecular flexibility index (Phi) is 16.6. The number of benzene rings is 4. The SMILES string of the molecule is Cc1nc2ncc(CNc3ccc(C(=O)NC(CCC(=O)NC(CSC4CC(=O)N(CCNS(=O)(=O)c5ccc(C6=c7cc8c9c(c7Oc7c6cc6c%10c7CCCN%10CCC6)CCC[N+]=9CCC8)c(S(=O)(=O)[O-])c5)C4=O)C(=O)O)C(=O)O)cc3)nc2c(=O)[nH]1. The van der Waals surface area contributed by atoms with Gasteiger partial charge in [0.1, 0.15) is 52.6 Å². The number of aliphatic carboxylic acids is 2. The van der Waals surface area contributed by atoms with Crippen LogP contribution in [0.3, 0.4) is 0 Å². The highest BCUT2D eigenvalue weighted by Crippen LogP contribution is 2.49. The summed E-state index contributed by atoms with van der Waals surface area (Å²) in [5.41, 5.74) is 7.40. The topological polar surface area (TPSA) is 373 Å². The van der Waals surface area contributed by atoms with Gasteiger partial charge in [0.05, 0.1) is 39.0 Å². The lowest BCUT2D eigenvalue weighted by Gasteiger charge is -2.39. The Balaban J connectivity index is 0.671. The van der Waals surface area contributed by atoms with Gasteiger partial charge >= 0.3 is 11.9 Å². The molecule has 464 valence electrons. The summed E-state index contributed by atoms with van der Waals surface area (Å²) in [5.74, 6) is -4.86. The molecule has 4 amide bonds. The summed E-state index contributed by atoms with van der Waals surface area (Å²) >= 11 is 0.762. The van der Waals surface area contributed by atoms with Crippen molar-refractivity contribution in [3.63, 3.8) is 0 Å². The van der Waals surface area contributed by atoms with Gasteiger partial charge in [0.25, 0.3) is 11.5 Å². The van der Waals surface area contributed by atoms with Gasteiger partial charge < -0.3 is 45.3 Å². The number of H-pyrrole nitrogens is 1. The summed E-state index contributed by atoms with van der Waals surface area (Å²) in [6.07, 6.45) is 6.77. The fraction of sp³-hybridized carbons (Fsp3) is 0.383. The van der Waals surface area contributed by atoms with Gasteiger partial charge in [0, 0.05) is 108 Å². The van der Waals surface area contributed by atoms with Crippen LogP contribution in [-0.2, 0) is 76.3 Å². The Morgan fingerprint density at radius 3 is 2.34 bits per heavy atom. The third-order valence-corrected chi connectivity index (χ3v) is 20.5. The van der Waals surface area contributed by atoms with Crippen LogP contribution in [0.4, 0.5) is 11.4 Å². The van der Waals surface area contributed by atoms with Crippen molar-refractivity contribution in [2.45, 2.75) is 111 Å². The zero-order valence-corrected chi connectivity index (χ0v) is 50.5. The Morgan fingerprint density at radius 1 is 0.854 bits per heavy atom. The molecule has 26 nitrogen and oxygen atoms in total. The maximum Gasteiger partial charge on any atom is 0.327 e. The first kappa shape index (κ1) is 60.6. The largest absolute Gasteiger partial charge is 0.744 e. The number of carbonyl (C=O) groups excluding carboxylic acids is 4. The quantitative estimate of drug-likeness (QED) is 0.0303. The van der Waals surface area contributed by atoms with Crippen molar-refractivity contribution >= 4 is 95.6 Å². The number of rotatable bonds is 21. The van der Waals surface area contributed by atoms with Gasteiger partial charge in [-0.15, -0.1) is 11.8 Å². The molecule has 0 radical (unpaired) electrons. The lowest BCUT2D eigenvalue weighted by Crippen LogP contribution is -2.45. The maximum atomic E-state index is 14.0. The van der Waals surface area contributed by atoms with Crippen molar-refractivity contribution in [1.29, 1.82) is 0 Å². The Labute approximate surface area is 513 Å². The molecular weight excluding hydrogens is 1210 g/mol. The molecule has 0 aliphatic carbocycles. The van der Waals surface area contributed by atoms with Crippen LogP contribution < -0.4 is 51.0 Å². The fourth-order valence-electron chi connectivity index (χ4n) is 12.8. The van der Waals surface area contributed by atoms with Crippen molar-refractivity contribution < 1.29 is 65.1 Å². The van der Waals surface area contributed by atoms with E-state index in [4.69, 9.17) is 4.74 Å². The highest BCUT2D eigenvalue weighted by molar-refractivity contribution is 8.00. The summed E-state index contributed by atoms with van der Waals surface area (Å²) in [6, 6.07) is 10.3. The molecule has 1 saturated heterocycles. The standard InChI is InChI=1S/C60H61N11O15S3/c1-31-64-55-50(57(75)65-31)66-36(29-62-55)28-61-35-12-10-32(11-13-35)56(74)68-43(59(77)78)16-17-47(72)67-44(60(79)80)30-87-45-27-48(73)71(58(45)76)23-18-63-88(81,82)37-14-15-38(46(26-37)89(83,84)85)49-41-24-33-6-2-19-69-21-4-8-39(51(33)69)53(41)86-54-40-9-5-22-70-20-3-7-34(52(40)70)25-42(49)54/h10-15,24-26,29,43-45,63H,2-9,16-23,27-28,30H2,1H3,(H6-,61,62,64,65,67,68,72,74,75,77,78,79,80,83,84,85). The van der Waals surface area contributed by atoms with Gasteiger partial charge in [-0.3, -0.25) is 28.9 Å². The van der Waals surface area contributed by atoms with E-state index in [0.717, 1.165) is 134 Å². The number of aromatic nitrogens is 4. The number of carboxylic acids is 2. The molecule has 29 heteroatoms. The van der Waals surface area contributed by atoms with E-state index in [1.807, 2.05) is 12.1 Å². The molecule has 3 unspecified atom stereocenters. The summed E-state index contributed by atoms with van der Waals surface area (Å²) in [6.45, 7) is 4.40. The number of aryl methyl sites for hydroxylation is 3. The number of ether oxygens (including phenoxy) is 1. The van der Waals surface area contributed by atoms with Crippen molar-refractivity contribution in [1.82, 2.24) is 44.8 Å². The third-order valence-electron chi connectivity index (χ3n) is 16.9. The minimum Gasteiger partial charge on any atom is -0.744 e. The molecule has 1 fully saturated rings. The van der Waals surface area contributed by atoms with Crippen LogP contribution in [0.5, 0.6) is 11.5 Å². The number of amides is 4. The number of aromatic amines is 1. The van der Waals surface area contributed by atoms with Gasteiger partial charge in [-0.25, -0.2) is 50.7 Å². The molecule has 0 spiro atoms. The number of thioether (sulfide) groups is 1. The summed E-state index contributed by atoms with van der Waals surface area (Å²) in [4.78, 5) is 107. The molecule has 12 rings (SSSR count). The number of sulfonamides is 1. The van der Waals surface area contributed by atoms with Crippen LogP contribution in [-0.4, -0.2) is 154 Å². The number of nitrogens with one attached hydrogen (secondary N) is 5. The van der Waals surface area contributed by atoms with Crippen molar-refractivity contribution in [2.75, 3.05) is 55.2 Å². The average molecular weight is 1270 g/mol. The monoisotopic (exact) mass is 1270 g/mol. The highest BCUT2D eigenvalue weighted by Gasteiger charge is 2.41. The summed E-state index contributed by atoms with van der Waals surface area (Å²) < 4.78 is 80.3. The van der Waals surface area contributed by atoms with Crippen LogP contribution >= 0.6 is 11.8 Å². The van der Waals surface area contributed by atoms with Crippen LogP contribution in [0.15, 0.2) is 75.4 Å². The van der Waals surface area contributed by atoms with Crippen LogP contribution in [0.1, 0.15) is 100 Å². The Bertz CT molecular complexity index is 4440. The van der Waals surface area contributed by atoms with E-state index in [0.29, 0.717) is 45.1 Å². The van der Waals surface area contributed by atoms with Gasteiger partial charge in [0.15, 0.2) is 11.2 Å². The predicted molar refractivity (Wildman–Crippen MR) is 322 cm³/mol. The molecule has 6 aliphatic rings. The van der Waals surface area contributed by atoms with Crippen LogP contribution in [0, 0.1) is 6.92 Å². The molecule has 0 bridgehead atoms. The van der Waals surface area contributed by atoms with E-state index >= 15 is 0 Å². The molecule has 8 heterocycles. The van der Waals surface area contributed by atoms with E-state index in [1.165, 1.54) is 30.5 Å². The summed E-state index contributed by atoms with van der Waals surface area (Å²) in [7, 11) is -9.98. The average Bonchev–Trinajstić information content (AvgIpc) is 1.07. The second kappa shape index (κ2) is 24.4. The Hall–Kier alpha value is -8.64. The van der Waals surface area contributed by atoms with Gasteiger partial charge in [-0.2, -0.15) is 0 Å². The number of hydrogen-bond acceptors (Lipinski definition) is 19. The van der Waals surface area contributed by atoms with Crippen molar-refractivity contribution in [3.8, 4) is 11.5 Å². The molecule has 6 aromatic rings. The highest BCUT2D eigenvalue weighted by atomic mass is 32.2. The van der Waals surface area contributed by atoms with Gasteiger partial charge in [-0.05, 0) is 106 Å². The zero-order valence-electron chi connectivity index (χ0n) is 48.1. The normalized spacial score (nSPS) is 17.4. The molecule has 2 aromatic heterocycles. The predicted octanol–water partition coefficient (Wildman–Crippen LogP) is 1.34. The van der Waals surface area contributed by atoms with E-state index in [9.17, 15) is 65.2 Å². The van der Waals surface area contributed by atoms with E-state index < -0.39 is 120 Å². The van der Waals surface area contributed by atoms with Crippen LogP contribution in [0.25, 0.3) is 16.7 Å².